The number of thioether (sulfide) groups is 1. The number of nitrogens with zero attached hydrogens (tertiary/aromatic N) is 2. The van der Waals surface area contributed by atoms with Crippen molar-refractivity contribution in [2.75, 3.05) is 16.0 Å². The van der Waals surface area contributed by atoms with E-state index in [0.29, 0.717) is 36.9 Å². The number of imide groups is 1. The third-order valence-corrected chi connectivity index (χ3v) is 7.75. The first-order chi connectivity index (χ1) is 15.9. The summed E-state index contributed by atoms with van der Waals surface area (Å²) < 4.78 is 1.49. The van der Waals surface area contributed by atoms with Crippen molar-refractivity contribution >= 4 is 85.6 Å². The van der Waals surface area contributed by atoms with Gasteiger partial charge in [-0.2, -0.15) is 0 Å². The number of carbonyl (C=O) groups is 3. The molecule has 6 nitrogen and oxygen atoms in total. The summed E-state index contributed by atoms with van der Waals surface area (Å²) in [5, 5.41) is 3.44. The standard InChI is InChI=1S/C23H13Cl2N3O3S2/c24-15-6-3-7-16(25)20(15)27-19(29)11-32-23-26-17-9-8-12(10-18(17)33-23)28-21(30)13-4-1-2-5-14(13)22(28)31/h1-10H,11H2,(H,27,29). The number of amides is 3. The minimum absolute atomic E-state index is 0.118. The number of carbonyl (C=O) groups excluding carboxylic acids is 3. The molecule has 0 saturated carbocycles. The fraction of sp³-hybridized carbons (Fsp3) is 0.0435. The topological polar surface area (TPSA) is 79.4 Å². The molecule has 164 valence electrons. The Labute approximate surface area is 206 Å². The number of para-hydroxylation sites is 1. The minimum Gasteiger partial charge on any atom is -0.323 e. The second kappa shape index (κ2) is 8.79. The predicted molar refractivity (Wildman–Crippen MR) is 133 cm³/mol. The summed E-state index contributed by atoms with van der Waals surface area (Å²) in [7, 11) is 0. The van der Waals surface area contributed by atoms with Gasteiger partial charge in [0, 0.05) is 0 Å². The van der Waals surface area contributed by atoms with Crippen LogP contribution in [-0.2, 0) is 4.79 Å². The van der Waals surface area contributed by atoms with Crippen LogP contribution in [0.3, 0.4) is 0 Å². The van der Waals surface area contributed by atoms with E-state index in [9.17, 15) is 14.4 Å². The number of halogens is 2. The summed E-state index contributed by atoms with van der Waals surface area (Å²) in [5.41, 5.74) is 2.37. The van der Waals surface area contributed by atoms with Gasteiger partial charge in [0.25, 0.3) is 11.8 Å². The fourth-order valence-corrected chi connectivity index (χ4v) is 5.83. The Morgan fingerprint density at radius 1 is 0.970 bits per heavy atom. The van der Waals surface area contributed by atoms with Crippen LogP contribution in [0.15, 0.2) is 65.0 Å². The lowest BCUT2D eigenvalue weighted by molar-refractivity contribution is -0.113. The molecule has 1 aromatic heterocycles. The molecule has 3 aromatic carbocycles. The van der Waals surface area contributed by atoms with E-state index in [4.69, 9.17) is 23.2 Å². The fourth-order valence-electron chi connectivity index (χ4n) is 3.44. The Kier molecular flexibility index (Phi) is 5.84. The van der Waals surface area contributed by atoms with Gasteiger partial charge in [-0.3, -0.25) is 14.4 Å². The van der Waals surface area contributed by atoms with Crippen LogP contribution in [0.4, 0.5) is 11.4 Å². The summed E-state index contributed by atoms with van der Waals surface area (Å²) >= 11 is 14.8. The normalized spacial score (nSPS) is 13.0. The maximum atomic E-state index is 12.7. The molecule has 1 aliphatic heterocycles. The van der Waals surface area contributed by atoms with Crippen LogP contribution in [-0.4, -0.2) is 28.5 Å². The van der Waals surface area contributed by atoms with Crippen LogP contribution >= 0.6 is 46.3 Å². The van der Waals surface area contributed by atoms with Crippen LogP contribution in [0.2, 0.25) is 10.0 Å². The first-order valence-corrected chi connectivity index (χ1v) is 12.2. The summed E-state index contributed by atoms with van der Waals surface area (Å²) in [6.45, 7) is 0. The average molecular weight is 514 g/mol. The number of benzene rings is 3. The van der Waals surface area contributed by atoms with Gasteiger partial charge in [0.1, 0.15) is 0 Å². The van der Waals surface area contributed by atoms with Crippen LogP contribution in [0.1, 0.15) is 20.7 Å². The van der Waals surface area contributed by atoms with Crippen molar-refractivity contribution in [2.45, 2.75) is 4.34 Å². The van der Waals surface area contributed by atoms with Crippen molar-refractivity contribution in [3.05, 3.63) is 81.8 Å². The van der Waals surface area contributed by atoms with E-state index < -0.39 is 0 Å². The van der Waals surface area contributed by atoms with E-state index in [2.05, 4.69) is 10.3 Å². The average Bonchev–Trinajstić information content (AvgIpc) is 3.33. The highest BCUT2D eigenvalue weighted by Crippen LogP contribution is 2.35. The lowest BCUT2D eigenvalue weighted by atomic mass is 10.1. The van der Waals surface area contributed by atoms with Gasteiger partial charge in [-0.25, -0.2) is 9.88 Å². The summed E-state index contributed by atoms with van der Waals surface area (Å²) in [5.74, 6) is -0.832. The molecule has 0 aliphatic carbocycles. The van der Waals surface area contributed by atoms with Gasteiger partial charge in [0.2, 0.25) is 5.91 Å². The molecule has 1 N–H and O–H groups in total. The number of nitrogens with one attached hydrogen (secondary N) is 1. The molecule has 0 saturated heterocycles. The first kappa shape index (κ1) is 21.9. The van der Waals surface area contributed by atoms with E-state index in [-0.39, 0.29) is 23.5 Å². The smallest absolute Gasteiger partial charge is 0.266 e. The van der Waals surface area contributed by atoms with Crippen molar-refractivity contribution in [1.29, 1.82) is 0 Å². The second-order valence-corrected chi connectivity index (χ2v) is 10.1. The number of anilines is 2. The Morgan fingerprint density at radius 2 is 1.64 bits per heavy atom. The molecule has 10 heteroatoms. The molecule has 3 amide bonds. The lowest BCUT2D eigenvalue weighted by Gasteiger charge is -2.13. The van der Waals surface area contributed by atoms with Gasteiger partial charge >= 0.3 is 0 Å². The van der Waals surface area contributed by atoms with E-state index in [0.717, 1.165) is 10.2 Å². The van der Waals surface area contributed by atoms with Crippen LogP contribution < -0.4 is 10.2 Å². The maximum absolute atomic E-state index is 12.7. The Morgan fingerprint density at radius 3 is 2.30 bits per heavy atom. The molecule has 0 bridgehead atoms. The SMILES string of the molecule is O=C(CSc1nc2ccc(N3C(=O)c4ccccc4C3=O)cc2s1)Nc1c(Cl)cccc1Cl. The number of aromatic nitrogens is 1. The molecule has 0 unspecified atom stereocenters. The van der Waals surface area contributed by atoms with Crippen molar-refractivity contribution in [1.82, 2.24) is 4.98 Å². The van der Waals surface area contributed by atoms with Gasteiger partial charge < -0.3 is 5.32 Å². The van der Waals surface area contributed by atoms with E-state index in [1.807, 2.05) is 0 Å². The quantitative estimate of drug-likeness (QED) is 0.256. The highest BCUT2D eigenvalue weighted by molar-refractivity contribution is 8.01. The van der Waals surface area contributed by atoms with Gasteiger partial charge in [0.15, 0.2) is 4.34 Å². The van der Waals surface area contributed by atoms with E-state index in [1.54, 1.807) is 60.7 Å². The zero-order valence-corrected chi connectivity index (χ0v) is 19.8. The highest BCUT2D eigenvalue weighted by Gasteiger charge is 2.36. The summed E-state index contributed by atoms with van der Waals surface area (Å²) in [6.07, 6.45) is 0. The van der Waals surface area contributed by atoms with E-state index >= 15 is 0 Å². The van der Waals surface area contributed by atoms with E-state index in [1.165, 1.54) is 28.0 Å². The number of hydrogen-bond donors (Lipinski definition) is 1. The minimum atomic E-state index is -0.344. The Hall–Kier alpha value is -2.91. The molecule has 4 aromatic rings. The van der Waals surface area contributed by atoms with Crippen LogP contribution in [0.25, 0.3) is 10.2 Å². The third-order valence-electron chi connectivity index (χ3n) is 4.96. The summed E-state index contributed by atoms with van der Waals surface area (Å²) in [6, 6.07) is 17.0. The monoisotopic (exact) mass is 513 g/mol. The third kappa shape index (κ3) is 4.11. The predicted octanol–water partition coefficient (Wildman–Crippen LogP) is 6.13. The zero-order valence-electron chi connectivity index (χ0n) is 16.7. The molecular formula is C23H13Cl2N3O3S2. The largest absolute Gasteiger partial charge is 0.323 e. The van der Waals surface area contributed by atoms with Crippen molar-refractivity contribution in [3.63, 3.8) is 0 Å². The van der Waals surface area contributed by atoms with Crippen molar-refractivity contribution in [3.8, 4) is 0 Å². The molecule has 5 rings (SSSR count). The maximum Gasteiger partial charge on any atom is 0.266 e. The van der Waals surface area contributed by atoms with Crippen molar-refractivity contribution < 1.29 is 14.4 Å². The lowest BCUT2D eigenvalue weighted by Crippen LogP contribution is -2.29. The molecule has 0 radical (unpaired) electrons. The van der Waals surface area contributed by atoms with Crippen molar-refractivity contribution in [2.24, 2.45) is 0 Å². The number of rotatable bonds is 5. The number of fused-ring (bicyclic) bond motifs is 2. The van der Waals surface area contributed by atoms with Gasteiger partial charge in [0.05, 0.1) is 48.5 Å². The molecule has 33 heavy (non-hydrogen) atoms. The zero-order chi connectivity index (χ0) is 23.1. The molecule has 2 heterocycles. The van der Waals surface area contributed by atoms with Crippen LogP contribution in [0.5, 0.6) is 0 Å². The molecular weight excluding hydrogens is 501 g/mol. The van der Waals surface area contributed by atoms with Crippen LogP contribution in [0, 0.1) is 0 Å². The van der Waals surface area contributed by atoms with Gasteiger partial charge in [-0.1, -0.05) is 53.2 Å². The molecule has 0 atom stereocenters. The summed E-state index contributed by atoms with van der Waals surface area (Å²) in [4.78, 5) is 43.6. The molecule has 0 fully saturated rings. The van der Waals surface area contributed by atoms with Gasteiger partial charge in [-0.15, -0.1) is 11.3 Å². The number of hydrogen-bond acceptors (Lipinski definition) is 6. The molecule has 1 aliphatic rings. The molecule has 0 spiro atoms. The second-order valence-electron chi connectivity index (χ2n) is 7.06. The number of thiazole rings is 1. The van der Waals surface area contributed by atoms with Gasteiger partial charge in [-0.05, 0) is 42.5 Å². The first-order valence-electron chi connectivity index (χ1n) is 9.67. The Balaban J connectivity index is 1.32. The highest BCUT2D eigenvalue weighted by atomic mass is 35.5. The Bertz CT molecular complexity index is 1400.